The minimum Gasteiger partial charge on any atom is -0.481 e. The van der Waals surface area contributed by atoms with Crippen LogP contribution in [0.2, 0.25) is 0 Å². The number of aliphatic carboxylic acids is 1. The summed E-state index contributed by atoms with van der Waals surface area (Å²) in [5.41, 5.74) is 0. The largest absolute Gasteiger partial charge is 0.481 e. The zero-order chi connectivity index (χ0) is 12.2. The van der Waals surface area contributed by atoms with Crippen LogP contribution in [0.3, 0.4) is 0 Å². The number of amides is 1. The van der Waals surface area contributed by atoms with Crippen molar-refractivity contribution in [2.75, 3.05) is 13.2 Å². The number of rotatable bonds is 9. The van der Waals surface area contributed by atoms with E-state index in [2.05, 4.69) is 11.9 Å². The van der Waals surface area contributed by atoms with E-state index in [4.69, 9.17) is 9.84 Å². The summed E-state index contributed by atoms with van der Waals surface area (Å²) < 4.78 is 4.70. The van der Waals surface area contributed by atoms with Gasteiger partial charge in [-0.05, 0) is 12.8 Å². The molecule has 0 radical (unpaired) electrons. The van der Waals surface area contributed by atoms with E-state index in [1.807, 2.05) is 0 Å². The maximum atomic E-state index is 10.9. The summed E-state index contributed by atoms with van der Waals surface area (Å²) in [4.78, 5) is 21.1. The van der Waals surface area contributed by atoms with Crippen LogP contribution in [0.4, 0.5) is 4.79 Å². The fraction of sp³-hybridized carbons (Fsp3) is 0.636. The fourth-order valence-corrected chi connectivity index (χ4v) is 1.13. The predicted octanol–water partition coefficient (Wildman–Crippen LogP) is 1.93. The Morgan fingerprint density at radius 1 is 1.25 bits per heavy atom. The summed E-state index contributed by atoms with van der Waals surface area (Å²) in [7, 11) is 0. The lowest BCUT2D eigenvalue weighted by molar-refractivity contribution is -0.137. The highest BCUT2D eigenvalue weighted by molar-refractivity contribution is 5.67. The van der Waals surface area contributed by atoms with Gasteiger partial charge in [-0.25, -0.2) is 4.79 Å². The Bertz CT molecular complexity index is 228. The zero-order valence-electron chi connectivity index (χ0n) is 9.41. The van der Waals surface area contributed by atoms with Crippen LogP contribution in [0.25, 0.3) is 0 Å². The maximum absolute atomic E-state index is 10.9. The summed E-state index contributed by atoms with van der Waals surface area (Å²) in [6, 6.07) is 0. The van der Waals surface area contributed by atoms with Crippen molar-refractivity contribution < 1.29 is 19.4 Å². The van der Waals surface area contributed by atoms with Gasteiger partial charge in [0.1, 0.15) is 6.61 Å². The lowest BCUT2D eigenvalue weighted by Gasteiger charge is -2.04. The molecule has 0 aromatic carbocycles. The van der Waals surface area contributed by atoms with Crippen LogP contribution in [0, 0.1) is 0 Å². The smallest absolute Gasteiger partial charge is 0.407 e. The van der Waals surface area contributed by atoms with Gasteiger partial charge in [-0.1, -0.05) is 25.5 Å². The predicted molar refractivity (Wildman–Crippen MR) is 60.3 cm³/mol. The molecule has 0 saturated carbocycles. The second kappa shape index (κ2) is 10.0. The molecule has 0 atom stereocenters. The molecule has 1 amide bonds. The molecule has 0 aromatic heterocycles. The normalized spacial score (nSPS) is 9.50. The molecule has 0 spiro atoms. The first-order valence-electron chi connectivity index (χ1n) is 5.40. The Morgan fingerprint density at radius 3 is 2.56 bits per heavy atom. The number of nitrogens with one attached hydrogen (secondary N) is 1. The third-order valence-corrected chi connectivity index (χ3v) is 1.92. The summed E-state index contributed by atoms with van der Waals surface area (Å²) in [6.45, 7) is 4.20. The van der Waals surface area contributed by atoms with Gasteiger partial charge in [-0.2, -0.15) is 0 Å². The van der Waals surface area contributed by atoms with Crippen molar-refractivity contribution in [2.24, 2.45) is 0 Å². The lowest BCUT2D eigenvalue weighted by Crippen LogP contribution is -2.25. The molecule has 0 aliphatic heterocycles. The molecule has 0 bridgehead atoms. The van der Waals surface area contributed by atoms with Crippen LogP contribution in [-0.2, 0) is 9.53 Å². The SMILES string of the molecule is C=CCOC(=O)NCCCCCCC(=O)O. The van der Waals surface area contributed by atoms with Gasteiger partial charge >= 0.3 is 12.1 Å². The number of alkyl carbamates (subject to hydrolysis) is 1. The summed E-state index contributed by atoms with van der Waals surface area (Å²) in [6.07, 6.45) is 4.59. The van der Waals surface area contributed by atoms with E-state index in [9.17, 15) is 9.59 Å². The molecule has 2 N–H and O–H groups in total. The lowest BCUT2D eigenvalue weighted by atomic mass is 10.1. The molecule has 92 valence electrons. The highest BCUT2D eigenvalue weighted by atomic mass is 16.5. The average Bonchev–Trinajstić information content (AvgIpc) is 2.24. The molecule has 0 rings (SSSR count). The molecule has 0 aliphatic carbocycles. The minimum atomic E-state index is -0.758. The number of carbonyl (C=O) groups is 2. The average molecular weight is 229 g/mol. The standard InChI is InChI=1S/C11H19NO4/c1-2-9-16-11(15)12-8-6-4-3-5-7-10(13)14/h2H,1,3-9H2,(H,12,15)(H,13,14). The number of unbranched alkanes of at least 4 members (excludes halogenated alkanes) is 3. The molecule has 0 unspecified atom stereocenters. The maximum Gasteiger partial charge on any atom is 0.407 e. The first-order chi connectivity index (χ1) is 7.66. The molecule has 0 aromatic rings. The van der Waals surface area contributed by atoms with Crippen molar-refractivity contribution >= 4 is 12.1 Å². The van der Waals surface area contributed by atoms with Gasteiger partial charge < -0.3 is 15.2 Å². The first-order valence-corrected chi connectivity index (χ1v) is 5.40. The van der Waals surface area contributed by atoms with Crippen LogP contribution < -0.4 is 5.32 Å². The first kappa shape index (κ1) is 14.5. The molecule has 0 saturated heterocycles. The van der Waals surface area contributed by atoms with Gasteiger partial charge in [0.25, 0.3) is 0 Å². The van der Waals surface area contributed by atoms with Crippen LogP contribution >= 0.6 is 0 Å². The van der Waals surface area contributed by atoms with E-state index in [1.165, 1.54) is 6.08 Å². The summed E-state index contributed by atoms with van der Waals surface area (Å²) in [5.74, 6) is -0.758. The van der Waals surface area contributed by atoms with Crippen molar-refractivity contribution in [3.63, 3.8) is 0 Å². The van der Waals surface area contributed by atoms with Crippen molar-refractivity contribution in [3.05, 3.63) is 12.7 Å². The number of hydrogen-bond acceptors (Lipinski definition) is 3. The van der Waals surface area contributed by atoms with Crippen molar-refractivity contribution in [1.29, 1.82) is 0 Å². The Labute approximate surface area is 95.5 Å². The molecule has 0 fully saturated rings. The van der Waals surface area contributed by atoms with Gasteiger partial charge in [0, 0.05) is 13.0 Å². The van der Waals surface area contributed by atoms with Gasteiger partial charge in [0.2, 0.25) is 0 Å². The molecule has 0 heterocycles. The third-order valence-electron chi connectivity index (χ3n) is 1.92. The molecule has 0 aliphatic rings. The Kier molecular flexibility index (Phi) is 9.06. The highest BCUT2D eigenvalue weighted by Crippen LogP contribution is 2.02. The van der Waals surface area contributed by atoms with Crippen molar-refractivity contribution in [2.45, 2.75) is 32.1 Å². The van der Waals surface area contributed by atoms with E-state index in [0.717, 1.165) is 19.3 Å². The number of carbonyl (C=O) groups excluding carboxylic acids is 1. The van der Waals surface area contributed by atoms with E-state index in [-0.39, 0.29) is 13.0 Å². The van der Waals surface area contributed by atoms with Crippen molar-refractivity contribution in [3.8, 4) is 0 Å². The Balaban J connectivity index is 3.17. The number of carboxylic acids is 1. The van der Waals surface area contributed by atoms with Gasteiger partial charge in [0.05, 0.1) is 0 Å². The van der Waals surface area contributed by atoms with E-state index < -0.39 is 12.1 Å². The molecule has 5 nitrogen and oxygen atoms in total. The second-order valence-electron chi connectivity index (χ2n) is 3.37. The Hall–Kier alpha value is -1.52. The zero-order valence-corrected chi connectivity index (χ0v) is 9.41. The quantitative estimate of drug-likeness (QED) is 0.468. The van der Waals surface area contributed by atoms with Gasteiger partial charge in [0.15, 0.2) is 0 Å². The fourth-order valence-electron chi connectivity index (χ4n) is 1.13. The topological polar surface area (TPSA) is 75.6 Å². The number of ether oxygens (including phenoxy) is 1. The van der Waals surface area contributed by atoms with Gasteiger partial charge in [-0.3, -0.25) is 4.79 Å². The highest BCUT2D eigenvalue weighted by Gasteiger charge is 1.99. The summed E-state index contributed by atoms with van der Waals surface area (Å²) in [5, 5.41) is 11.0. The van der Waals surface area contributed by atoms with Crippen LogP contribution in [0.15, 0.2) is 12.7 Å². The van der Waals surface area contributed by atoms with Crippen molar-refractivity contribution in [1.82, 2.24) is 5.32 Å². The summed E-state index contributed by atoms with van der Waals surface area (Å²) >= 11 is 0. The van der Waals surface area contributed by atoms with Crippen LogP contribution in [0.5, 0.6) is 0 Å². The molecule has 16 heavy (non-hydrogen) atoms. The minimum absolute atomic E-state index is 0.213. The van der Waals surface area contributed by atoms with E-state index >= 15 is 0 Å². The molecule has 5 heteroatoms. The Morgan fingerprint density at radius 2 is 1.94 bits per heavy atom. The molecular weight excluding hydrogens is 210 g/mol. The van der Waals surface area contributed by atoms with Crippen LogP contribution in [0.1, 0.15) is 32.1 Å². The second-order valence-corrected chi connectivity index (χ2v) is 3.37. The third kappa shape index (κ3) is 10.6. The van der Waals surface area contributed by atoms with E-state index in [0.29, 0.717) is 13.0 Å². The molecular formula is C11H19NO4. The number of carboxylic acid groups (broad SMARTS) is 1. The van der Waals surface area contributed by atoms with Crippen LogP contribution in [-0.4, -0.2) is 30.3 Å². The number of hydrogen-bond donors (Lipinski definition) is 2. The monoisotopic (exact) mass is 229 g/mol. The van der Waals surface area contributed by atoms with E-state index in [1.54, 1.807) is 0 Å². The van der Waals surface area contributed by atoms with Gasteiger partial charge in [-0.15, -0.1) is 0 Å².